The molecule has 0 saturated carbocycles. The molecule has 0 aliphatic heterocycles. The van der Waals surface area contributed by atoms with E-state index in [1.54, 1.807) is 0 Å². The van der Waals surface area contributed by atoms with Crippen molar-refractivity contribution in [3.05, 3.63) is 35.4 Å². The summed E-state index contributed by atoms with van der Waals surface area (Å²) in [6.45, 7) is 15.0. The molecule has 1 aromatic carbocycles. The van der Waals surface area contributed by atoms with Gasteiger partial charge in [-0.15, -0.1) is 24.0 Å². The molecule has 1 unspecified atom stereocenters. The van der Waals surface area contributed by atoms with Gasteiger partial charge in [-0.3, -0.25) is 4.79 Å². The third-order valence-electron chi connectivity index (χ3n) is 4.03. The summed E-state index contributed by atoms with van der Waals surface area (Å²) in [5, 5.41) is 9.59. The number of carbonyl (C=O) groups excluding carboxylic acids is 1. The number of halogens is 1. The maximum absolute atomic E-state index is 11.8. The molecule has 6 heteroatoms. The number of carbonyl (C=O) groups is 1. The van der Waals surface area contributed by atoms with Gasteiger partial charge < -0.3 is 16.0 Å². The zero-order valence-corrected chi connectivity index (χ0v) is 20.0. The minimum atomic E-state index is -0.0368. The van der Waals surface area contributed by atoms with E-state index in [4.69, 9.17) is 0 Å². The monoisotopic (exact) mass is 488 g/mol. The minimum Gasteiger partial charge on any atom is -0.357 e. The number of aliphatic imine (C=N–C) groups is 1. The molecule has 5 nitrogen and oxygen atoms in total. The Hall–Kier alpha value is -1.31. The van der Waals surface area contributed by atoms with Crippen LogP contribution in [0.15, 0.2) is 29.3 Å². The highest BCUT2D eigenvalue weighted by Gasteiger charge is 2.13. The van der Waals surface area contributed by atoms with E-state index >= 15 is 0 Å². The number of hydrogen-bond donors (Lipinski definition) is 3. The fourth-order valence-corrected chi connectivity index (χ4v) is 2.47. The van der Waals surface area contributed by atoms with E-state index < -0.39 is 0 Å². The van der Waals surface area contributed by atoms with Crippen LogP contribution in [0.4, 0.5) is 0 Å². The molecule has 3 N–H and O–H groups in total. The molecule has 1 rings (SSSR count). The number of guanidine groups is 1. The molecule has 0 aromatic heterocycles. The van der Waals surface area contributed by atoms with Gasteiger partial charge in [-0.2, -0.15) is 0 Å². The third kappa shape index (κ3) is 11.2. The van der Waals surface area contributed by atoms with Gasteiger partial charge >= 0.3 is 0 Å². The van der Waals surface area contributed by atoms with Crippen molar-refractivity contribution in [2.45, 2.75) is 67.0 Å². The van der Waals surface area contributed by atoms with E-state index in [0.717, 1.165) is 24.5 Å². The van der Waals surface area contributed by atoms with Gasteiger partial charge in [-0.1, -0.05) is 32.9 Å². The molecule has 1 atom stereocenters. The molecular weight excluding hydrogens is 451 g/mol. The van der Waals surface area contributed by atoms with Crippen molar-refractivity contribution in [2.75, 3.05) is 13.1 Å². The number of benzene rings is 1. The van der Waals surface area contributed by atoms with Crippen LogP contribution >= 0.6 is 24.0 Å². The van der Waals surface area contributed by atoms with Gasteiger partial charge in [0.2, 0.25) is 0 Å². The van der Waals surface area contributed by atoms with Crippen LogP contribution in [-0.2, 0) is 6.54 Å². The van der Waals surface area contributed by atoms with Crippen molar-refractivity contribution in [3.63, 3.8) is 0 Å². The predicted octanol–water partition coefficient (Wildman–Crippen LogP) is 4.32. The molecule has 0 aliphatic rings. The molecule has 0 fully saturated rings. The van der Waals surface area contributed by atoms with Gasteiger partial charge in [0.25, 0.3) is 5.91 Å². The number of hydrogen-bond acceptors (Lipinski definition) is 2. The van der Waals surface area contributed by atoms with Crippen molar-refractivity contribution in [1.29, 1.82) is 0 Å². The predicted molar refractivity (Wildman–Crippen MR) is 126 cm³/mol. The lowest BCUT2D eigenvalue weighted by molar-refractivity contribution is 0.0956. The van der Waals surface area contributed by atoms with E-state index in [1.165, 1.54) is 6.42 Å². The van der Waals surface area contributed by atoms with Crippen LogP contribution in [0.3, 0.4) is 0 Å². The fraction of sp³-hybridized carbons (Fsp3) is 0.619. The molecule has 154 valence electrons. The molecule has 0 spiro atoms. The van der Waals surface area contributed by atoms with Gasteiger partial charge in [0.05, 0.1) is 6.54 Å². The molecule has 0 heterocycles. The van der Waals surface area contributed by atoms with E-state index in [1.807, 2.05) is 31.2 Å². The molecular formula is C21H37IN4O. The first-order valence-corrected chi connectivity index (χ1v) is 9.67. The van der Waals surface area contributed by atoms with Crippen LogP contribution in [0.2, 0.25) is 0 Å². The van der Waals surface area contributed by atoms with Crippen molar-refractivity contribution < 1.29 is 4.79 Å². The average molecular weight is 488 g/mol. The van der Waals surface area contributed by atoms with Crippen LogP contribution < -0.4 is 16.0 Å². The third-order valence-corrected chi connectivity index (χ3v) is 4.03. The molecule has 0 saturated heterocycles. The Bertz CT molecular complexity index is 579. The quantitative estimate of drug-likeness (QED) is 0.290. The highest BCUT2D eigenvalue weighted by molar-refractivity contribution is 14.0. The summed E-state index contributed by atoms with van der Waals surface area (Å²) in [7, 11) is 0. The highest BCUT2D eigenvalue weighted by atomic mass is 127. The summed E-state index contributed by atoms with van der Waals surface area (Å²) < 4.78 is 0. The zero-order chi connectivity index (χ0) is 19.6. The standard InChI is InChI=1S/C21H36N4O.HI/c1-7-22-19(26)18-11-9-17(10-12-18)15-24-20(23-8-2)25-16(3)13-14-21(4,5)6;/h9-12,16H,7-8,13-15H2,1-6H3,(H,22,26)(H2,23,24,25);1H. The average Bonchev–Trinajstić information content (AvgIpc) is 2.58. The van der Waals surface area contributed by atoms with Crippen LogP contribution in [0.1, 0.15) is 70.3 Å². The first-order valence-electron chi connectivity index (χ1n) is 9.67. The summed E-state index contributed by atoms with van der Waals surface area (Å²) in [6.07, 6.45) is 2.27. The Kier molecular flexibility index (Phi) is 12.3. The van der Waals surface area contributed by atoms with Gasteiger partial charge in [0.15, 0.2) is 5.96 Å². The summed E-state index contributed by atoms with van der Waals surface area (Å²) in [4.78, 5) is 16.5. The number of nitrogens with zero attached hydrogens (tertiary/aromatic N) is 1. The Morgan fingerprint density at radius 1 is 1.07 bits per heavy atom. The lowest BCUT2D eigenvalue weighted by atomic mass is 9.89. The summed E-state index contributed by atoms with van der Waals surface area (Å²) in [5.41, 5.74) is 2.11. The lowest BCUT2D eigenvalue weighted by Gasteiger charge is -2.23. The second kappa shape index (κ2) is 13.0. The molecule has 1 aromatic rings. The second-order valence-electron chi connectivity index (χ2n) is 7.90. The second-order valence-corrected chi connectivity index (χ2v) is 7.90. The Labute approximate surface area is 182 Å². The Balaban J connectivity index is 0.00000676. The fourth-order valence-electron chi connectivity index (χ4n) is 2.47. The molecule has 0 aliphatic carbocycles. The first kappa shape index (κ1) is 25.7. The van der Waals surface area contributed by atoms with E-state index in [0.29, 0.717) is 30.1 Å². The van der Waals surface area contributed by atoms with Crippen molar-refractivity contribution >= 4 is 35.8 Å². The van der Waals surface area contributed by atoms with Gasteiger partial charge in [0, 0.05) is 24.7 Å². The summed E-state index contributed by atoms with van der Waals surface area (Å²) >= 11 is 0. The maximum Gasteiger partial charge on any atom is 0.251 e. The van der Waals surface area contributed by atoms with Crippen molar-refractivity contribution in [2.24, 2.45) is 10.4 Å². The van der Waals surface area contributed by atoms with Gasteiger partial charge in [-0.25, -0.2) is 4.99 Å². The number of amides is 1. The Morgan fingerprint density at radius 2 is 1.67 bits per heavy atom. The van der Waals surface area contributed by atoms with Crippen molar-refractivity contribution in [1.82, 2.24) is 16.0 Å². The van der Waals surface area contributed by atoms with Crippen LogP contribution in [0, 0.1) is 5.41 Å². The van der Waals surface area contributed by atoms with Crippen LogP contribution in [0.25, 0.3) is 0 Å². The maximum atomic E-state index is 11.8. The number of nitrogens with one attached hydrogen (secondary N) is 3. The SMILES string of the molecule is CCNC(=O)c1ccc(CN=C(NCC)NC(C)CCC(C)(C)C)cc1.I. The lowest BCUT2D eigenvalue weighted by Crippen LogP contribution is -2.42. The highest BCUT2D eigenvalue weighted by Crippen LogP contribution is 2.21. The van der Waals surface area contributed by atoms with Crippen LogP contribution in [0.5, 0.6) is 0 Å². The summed E-state index contributed by atoms with van der Waals surface area (Å²) in [6, 6.07) is 7.98. The molecule has 1 amide bonds. The van der Waals surface area contributed by atoms with Crippen LogP contribution in [-0.4, -0.2) is 31.0 Å². The Morgan fingerprint density at radius 3 is 2.19 bits per heavy atom. The van der Waals surface area contributed by atoms with E-state index in [2.05, 4.69) is 55.6 Å². The largest absolute Gasteiger partial charge is 0.357 e. The molecule has 0 bridgehead atoms. The zero-order valence-electron chi connectivity index (χ0n) is 17.7. The minimum absolute atomic E-state index is 0. The molecule has 0 radical (unpaired) electrons. The smallest absolute Gasteiger partial charge is 0.251 e. The molecule has 27 heavy (non-hydrogen) atoms. The van der Waals surface area contributed by atoms with Gasteiger partial charge in [0.1, 0.15) is 0 Å². The van der Waals surface area contributed by atoms with E-state index in [9.17, 15) is 4.79 Å². The summed E-state index contributed by atoms with van der Waals surface area (Å²) in [5.74, 6) is 0.798. The van der Waals surface area contributed by atoms with E-state index in [-0.39, 0.29) is 29.9 Å². The van der Waals surface area contributed by atoms with Crippen molar-refractivity contribution in [3.8, 4) is 0 Å². The number of rotatable bonds is 8. The first-order chi connectivity index (χ1) is 12.2. The van der Waals surface area contributed by atoms with Gasteiger partial charge in [-0.05, 0) is 56.7 Å². The topological polar surface area (TPSA) is 65.5 Å². The normalized spacial score (nSPS) is 12.7.